The smallest absolute Gasteiger partial charge is 0.196 e. The van der Waals surface area contributed by atoms with Crippen LogP contribution in [0.3, 0.4) is 0 Å². The van der Waals surface area contributed by atoms with Crippen molar-refractivity contribution in [2.45, 2.75) is 26.0 Å². The molecule has 0 spiro atoms. The molecule has 2 aromatic heterocycles. The van der Waals surface area contributed by atoms with E-state index in [1.807, 2.05) is 22.9 Å². The molecule has 1 aliphatic heterocycles. The predicted molar refractivity (Wildman–Crippen MR) is 70.7 cm³/mol. The van der Waals surface area contributed by atoms with E-state index in [0.717, 1.165) is 23.6 Å². The average molecular weight is 265 g/mol. The number of carbonyl (C=O) groups is 1. The summed E-state index contributed by atoms with van der Waals surface area (Å²) in [5.41, 5.74) is 0.632. The third kappa shape index (κ3) is 1.72. The molecule has 0 amide bonds. The minimum Gasteiger partial charge on any atom is -0.375 e. The molecule has 0 bridgehead atoms. The van der Waals surface area contributed by atoms with E-state index in [1.165, 1.54) is 11.3 Å². The summed E-state index contributed by atoms with van der Waals surface area (Å²) in [4.78, 5) is 18.9. The molecule has 1 fully saturated rings. The number of anilines is 1. The molecule has 3 rings (SSSR count). The first-order chi connectivity index (χ1) is 8.70. The SMILES string of the molecule is CC1CN(c2nc3sccn3c2C=O)C(C)CO1. The first kappa shape index (κ1) is 11.7. The van der Waals surface area contributed by atoms with Gasteiger partial charge in [0.25, 0.3) is 0 Å². The summed E-state index contributed by atoms with van der Waals surface area (Å²) >= 11 is 1.54. The van der Waals surface area contributed by atoms with E-state index >= 15 is 0 Å². The average Bonchev–Trinajstić information content (AvgIpc) is 2.91. The molecule has 0 aromatic carbocycles. The minimum atomic E-state index is 0.167. The number of hydrogen-bond donors (Lipinski definition) is 0. The standard InChI is InChI=1S/C12H15N3O2S/c1-8-7-17-9(2)5-15(8)11-10(6-16)14-3-4-18-12(14)13-11/h3-4,6,8-9H,5,7H2,1-2H3. The van der Waals surface area contributed by atoms with Gasteiger partial charge in [0.2, 0.25) is 0 Å². The third-order valence-corrected chi connectivity index (χ3v) is 4.03. The Bertz CT molecular complexity index is 577. The Hall–Kier alpha value is -1.40. The van der Waals surface area contributed by atoms with Gasteiger partial charge in [-0.15, -0.1) is 11.3 Å². The van der Waals surface area contributed by atoms with Gasteiger partial charge in [0, 0.05) is 18.1 Å². The van der Waals surface area contributed by atoms with E-state index in [9.17, 15) is 4.79 Å². The van der Waals surface area contributed by atoms with Gasteiger partial charge in [-0.1, -0.05) is 0 Å². The highest BCUT2D eigenvalue weighted by atomic mass is 32.1. The van der Waals surface area contributed by atoms with Crippen molar-refractivity contribution in [3.8, 4) is 0 Å². The van der Waals surface area contributed by atoms with Crippen LogP contribution in [0.4, 0.5) is 5.82 Å². The van der Waals surface area contributed by atoms with Crippen LogP contribution < -0.4 is 4.90 Å². The Balaban J connectivity index is 2.06. The van der Waals surface area contributed by atoms with Gasteiger partial charge in [0.05, 0.1) is 18.8 Å². The van der Waals surface area contributed by atoms with Crippen molar-refractivity contribution < 1.29 is 9.53 Å². The first-order valence-electron chi connectivity index (χ1n) is 5.99. The molecule has 0 radical (unpaired) electrons. The van der Waals surface area contributed by atoms with Crippen molar-refractivity contribution in [3.63, 3.8) is 0 Å². The van der Waals surface area contributed by atoms with Crippen molar-refractivity contribution in [1.82, 2.24) is 9.38 Å². The lowest BCUT2D eigenvalue weighted by Crippen LogP contribution is -2.48. The molecule has 96 valence electrons. The lowest BCUT2D eigenvalue weighted by atomic mass is 10.2. The number of imidazole rings is 1. The molecule has 2 atom stereocenters. The number of hydrogen-bond acceptors (Lipinski definition) is 5. The molecule has 1 saturated heterocycles. The van der Waals surface area contributed by atoms with Crippen LogP contribution in [0.1, 0.15) is 24.3 Å². The molecular formula is C12H15N3O2S. The van der Waals surface area contributed by atoms with Gasteiger partial charge in [0.1, 0.15) is 5.69 Å². The number of aldehydes is 1. The zero-order valence-corrected chi connectivity index (χ0v) is 11.2. The quantitative estimate of drug-likeness (QED) is 0.777. The fourth-order valence-corrected chi connectivity index (χ4v) is 3.03. The number of carbonyl (C=O) groups excluding carboxylic acids is 1. The van der Waals surface area contributed by atoms with Crippen LogP contribution >= 0.6 is 11.3 Å². The Labute approximate surface area is 109 Å². The van der Waals surface area contributed by atoms with E-state index in [4.69, 9.17) is 4.74 Å². The number of nitrogens with zero attached hydrogens (tertiary/aromatic N) is 3. The van der Waals surface area contributed by atoms with E-state index in [-0.39, 0.29) is 12.1 Å². The number of aromatic nitrogens is 2. The molecule has 2 unspecified atom stereocenters. The number of morpholine rings is 1. The van der Waals surface area contributed by atoms with Gasteiger partial charge in [-0.3, -0.25) is 9.20 Å². The Morgan fingerprint density at radius 3 is 3.17 bits per heavy atom. The van der Waals surface area contributed by atoms with Crippen LogP contribution in [-0.2, 0) is 4.74 Å². The van der Waals surface area contributed by atoms with E-state index in [1.54, 1.807) is 0 Å². The lowest BCUT2D eigenvalue weighted by molar-refractivity contribution is 0.0340. The summed E-state index contributed by atoms with van der Waals surface area (Å²) in [5, 5.41) is 1.94. The van der Waals surface area contributed by atoms with Gasteiger partial charge in [-0.25, -0.2) is 4.98 Å². The van der Waals surface area contributed by atoms with Crippen molar-refractivity contribution in [3.05, 3.63) is 17.3 Å². The van der Waals surface area contributed by atoms with Crippen molar-refractivity contribution in [1.29, 1.82) is 0 Å². The first-order valence-corrected chi connectivity index (χ1v) is 6.87. The Morgan fingerprint density at radius 2 is 2.39 bits per heavy atom. The molecule has 0 N–H and O–H groups in total. The summed E-state index contributed by atoms with van der Waals surface area (Å²) in [6, 6.07) is 0.240. The molecule has 0 saturated carbocycles. The van der Waals surface area contributed by atoms with Gasteiger partial charge in [-0.2, -0.15) is 0 Å². The van der Waals surface area contributed by atoms with Crippen LogP contribution in [0.5, 0.6) is 0 Å². The maximum Gasteiger partial charge on any atom is 0.196 e. The van der Waals surface area contributed by atoms with Crippen LogP contribution in [0.2, 0.25) is 0 Å². The third-order valence-electron chi connectivity index (χ3n) is 3.27. The fourth-order valence-electron chi connectivity index (χ4n) is 2.31. The van der Waals surface area contributed by atoms with Crippen LogP contribution in [-0.4, -0.2) is 41.0 Å². The molecular weight excluding hydrogens is 250 g/mol. The van der Waals surface area contributed by atoms with E-state index in [2.05, 4.69) is 16.8 Å². The highest BCUT2D eigenvalue weighted by molar-refractivity contribution is 7.15. The summed E-state index contributed by atoms with van der Waals surface area (Å²) < 4.78 is 7.46. The minimum absolute atomic E-state index is 0.167. The number of fused-ring (bicyclic) bond motifs is 1. The van der Waals surface area contributed by atoms with Gasteiger partial charge in [-0.05, 0) is 13.8 Å². The summed E-state index contributed by atoms with van der Waals surface area (Å²) in [7, 11) is 0. The van der Waals surface area contributed by atoms with Gasteiger partial charge < -0.3 is 9.64 Å². The predicted octanol–water partition coefficient (Wildman–Crippen LogP) is 1.82. The molecule has 5 nitrogen and oxygen atoms in total. The molecule has 6 heteroatoms. The topological polar surface area (TPSA) is 46.8 Å². The summed E-state index contributed by atoms with van der Waals surface area (Å²) in [6.45, 7) is 5.57. The summed E-state index contributed by atoms with van der Waals surface area (Å²) in [5.74, 6) is 0.777. The Kier molecular flexibility index (Phi) is 2.83. The largest absolute Gasteiger partial charge is 0.375 e. The monoisotopic (exact) mass is 265 g/mol. The van der Waals surface area contributed by atoms with Gasteiger partial charge in [0.15, 0.2) is 17.1 Å². The van der Waals surface area contributed by atoms with E-state index in [0.29, 0.717) is 12.3 Å². The van der Waals surface area contributed by atoms with Crippen molar-refractivity contribution in [2.24, 2.45) is 0 Å². The molecule has 0 aliphatic carbocycles. The maximum atomic E-state index is 11.3. The zero-order chi connectivity index (χ0) is 12.7. The highest BCUT2D eigenvalue weighted by Gasteiger charge is 2.28. The lowest BCUT2D eigenvalue weighted by Gasteiger charge is -2.37. The van der Waals surface area contributed by atoms with E-state index < -0.39 is 0 Å². The van der Waals surface area contributed by atoms with Gasteiger partial charge >= 0.3 is 0 Å². The second kappa shape index (κ2) is 4.37. The number of ether oxygens (including phenoxy) is 1. The summed E-state index contributed by atoms with van der Waals surface area (Å²) in [6.07, 6.45) is 2.93. The molecule has 1 aliphatic rings. The van der Waals surface area contributed by atoms with Crippen LogP contribution in [0.25, 0.3) is 4.96 Å². The molecule has 2 aromatic rings. The molecule has 18 heavy (non-hydrogen) atoms. The second-order valence-corrected chi connectivity index (χ2v) is 5.51. The highest BCUT2D eigenvalue weighted by Crippen LogP contribution is 2.27. The number of thiazole rings is 1. The van der Waals surface area contributed by atoms with Crippen molar-refractivity contribution in [2.75, 3.05) is 18.1 Å². The maximum absolute atomic E-state index is 11.3. The second-order valence-electron chi connectivity index (χ2n) is 4.64. The normalized spacial score (nSPS) is 24.7. The zero-order valence-electron chi connectivity index (χ0n) is 10.4. The van der Waals surface area contributed by atoms with Crippen molar-refractivity contribution >= 4 is 28.4 Å². The molecule has 3 heterocycles. The Morgan fingerprint density at radius 1 is 1.56 bits per heavy atom. The fraction of sp³-hybridized carbons (Fsp3) is 0.500. The van der Waals surface area contributed by atoms with Crippen LogP contribution in [0, 0.1) is 0 Å². The van der Waals surface area contributed by atoms with Crippen LogP contribution in [0.15, 0.2) is 11.6 Å². The number of rotatable bonds is 2.